The minimum atomic E-state index is -0.125. The summed E-state index contributed by atoms with van der Waals surface area (Å²) in [5.41, 5.74) is 13.6. The van der Waals surface area contributed by atoms with E-state index in [-0.39, 0.29) is 164 Å². The molecule has 0 aliphatic heterocycles. The zero-order valence-electron chi connectivity index (χ0n) is 73.0. The largest absolute Gasteiger partial charge is 0.512 e. The molecule has 16 rings (SSSR count). The Balaban J connectivity index is 0.000000493. The minimum absolute atomic E-state index is 0. The molecule has 0 fully saturated rings. The van der Waals surface area contributed by atoms with Crippen molar-refractivity contribution in [1.29, 1.82) is 0 Å². The Hall–Kier alpha value is -12.0. The first-order valence-electron chi connectivity index (χ1n) is 39.4. The zero-order valence-corrected chi connectivity index (χ0v) is 85.0. The van der Waals surface area contributed by atoms with E-state index < -0.39 is 0 Å². The summed E-state index contributed by atoms with van der Waals surface area (Å²) in [6.07, 6.45) is 11.5. The number of carbonyl (C=O) groups is 5. The van der Waals surface area contributed by atoms with E-state index in [1.165, 1.54) is 154 Å². The van der Waals surface area contributed by atoms with Crippen molar-refractivity contribution in [3.63, 3.8) is 0 Å². The second-order valence-electron chi connectivity index (χ2n) is 29.0. The Labute approximate surface area is 817 Å². The number of ketones is 5. The van der Waals surface area contributed by atoms with Crippen LogP contribution in [0.5, 0.6) is 0 Å². The molecule has 667 valence electrons. The van der Waals surface area contributed by atoms with Gasteiger partial charge in [0, 0.05) is 149 Å². The first-order valence-corrected chi connectivity index (χ1v) is 39.4. The average molecular weight is 2590 g/mol. The maximum atomic E-state index is 10.0. The van der Waals surface area contributed by atoms with Crippen LogP contribution in [-0.4, -0.2) is 79.4 Å². The van der Waals surface area contributed by atoms with E-state index in [4.69, 9.17) is 30.5 Å². The first kappa shape index (κ1) is 112. The Bertz CT molecular complexity index is 5990. The molecule has 0 aliphatic carbocycles. The van der Waals surface area contributed by atoms with Gasteiger partial charge in [-0.3, -0.25) is 33.9 Å². The molecular formula is C108H100Ir5N5O10-5. The molecule has 128 heavy (non-hydrogen) atoms. The second-order valence-corrected chi connectivity index (χ2v) is 29.0. The summed E-state index contributed by atoms with van der Waals surface area (Å²) < 4.78 is 0. The average Bonchev–Trinajstić information content (AvgIpc) is 0.730. The van der Waals surface area contributed by atoms with Gasteiger partial charge in [0.2, 0.25) is 0 Å². The molecule has 5 N–H and O–H groups in total. The van der Waals surface area contributed by atoms with Crippen LogP contribution in [0.3, 0.4) is 0 Å². The fourth-order valence-electron chi connectivity index (χ4n) is 11.8. The summed E-state index contributed by atoms with van der Waals surface area (Å²) in [5, 5.41) is 53.7. The van der Waals surface area contributed by atoms with Crippen molar-refractivity contribution in [3.8, 4) is 56.3 Å². The van der Waals surface area contributed by atoms with Crippen LogP contribution in [0.1, 0.15) is 95.6 Å². The number of aromatic nitrogens is 5. The standard InChI is InChI=1S/C19H12N.C19H18N.3C15H10N.5C5H8O2.5Ir/c1-2-7-16-13-17(10-9-14(16)5-1)19-12-11-15-6-3-4-8-18(15)20-19;1-19(2,3)16-9-6-8-15(13-16)18-17-10-5-4-7-14(17)11-12-20-18;1-2-7-13(8-3-1)15-14-9-5-4-6-12(14)10-11-16-15;1-2-6-12(7-3-1)15-10-13-8-4-5-9-14(13)11-16-15;1-2-6-12(7-3-1)15-11-10-13-8-4-5-9-14(13)16-15;5*1-4(6)3-5(2)7;;;;;/h1-9,11-13H;4-7,9-13H,1-3H3;1-7,9-11H;2*1-6,8-11H;5*3,6H,1-2H3;;;;;/q5*-1;;;;;;;;;;. The summed E-state index contributed by atoms with van der Waals surface area (Å²) in [6, 6.07) is 114. The predicted octanol–water partition coefficient (Wildman–Crippen LogP) is 26.1. The van der Waals surface area contributed by atoms with Crippen LogP contribution in [0.2, 0.25) is 0 Å². The van der Waals surface area contributed by atoms with Crippen molar-refractivity contribution < 1.29 is 150 Å². The van der Waals surface area contributed by atoms with Gasteiger partial charge in [-0.25, -0.2) is 0 Å². The van der Waals surface area contributed by atoms with E-state index >= 15 is 0 Å². The number of allylic oxidation sites excluding steroid dienone is 10. The monoisotopic (exact) mass is 2590 g/mol. The van der Waals surface area contributed by atoms with Gasteiger partial charge in [-0.2, -0.15) is 0 Å². The molecule has 0 saturated heterocycles. The molecule has 0 spiro atoms. The normalized spacial score (nSPS) is 10.6. The molecule has 20 heteroatoms. The minimum Gasteiger partial charge on any atom is -0.512 e. The second kappa shape index (κ2) is 59.1. The number of aliphatic hydroxyl groups is 5. The first-order chi connectivity index (χ1) is 58.9. The van der Waals surface area contributed by atoms with Crippen molar-refractivity contribution in [3.05, 3.63) is 405 Å². The molecule has 11 aromatic carbocycles. The summed E-state index contributed by atoms with van der Waals surface area (Å²) in [7, 11) is 0. The maximum absolute atomic E-state index is 10.0. The van der Waals surface area contributed by atoms with Crippen LogP contribution in [0.4, 0.5) is 0 Å². The van der Waals surface area contributed by atoms with Crippen LogP contribution >= 0.6 is 0 Å². The van der Waals surface area contributed by atoms with E-state index in [0.717, 1.165) is 72.7 Å². The van der Waals surface area contributed by atoms with Crippen LogP contribution in [-0.2, 0) is 130 Å². The van der Waals surface area contributed by atoms with Gasteiger partial charge in [0.25, 0.3) is 0 Å². The summed E-state index contributed by atoms with van der Waals surface area (Å²) in [6.45, 7) is 20.9. The van der Waals surface area contributed by atoms with Crippen molar-refractivity contribution in [2.24, 2.45) is 0 Å². The molecule has 5 aromatic heterocycles. The van der Waals surface area contributed by atoms with Crippen LogP contribution in [0.15, 0.2) is 369 Å². The molecule has 16 aromatic rings. The molecule has 5 heterocycles. The Morgan fingerprint density at radius 2 is 0.609 bits per heavy atom. The van der Waals surface area contributed by atoms with Crippen LogP contribution in [0.25, 0.3) is 121 Å². The van der Waals surface area contributed by atoms with E-state index in [1.807, 2.05) is 188 Å². The van der Waals surface area contributed by atoms with E-state index in [2.05, 4.69) is 192 Å². The quantitative estimate of drug-likeness (QED) is 0.0485. The van der Waals surface area contributed by atoms with Crippen molar-refractivity contribution >= 4 is 93.8 Å². The SMILES string of the molecule is CC(=O)C=C(C)O.CC(=O)C=C(C)O.CC(=O)C=C(C)O.CC(=O)C=C(C)O.CC(=O)C=C(C)O.CC(C)(C)c1cc[c-]c(-c2nccc3ccccc23)c1.[Ir].[Ir].[Ir].[Ir].[Ir].[c-]1cc2ccccc2cc1-c1ccc2ccccc2n1.[c-]1ccccc1-c1cc2ccccc2cn1.[c-]1ccccc1-c1ccc2ccccc2n1.[c-]1ccccc1-c1nccc2ccccc12. The number of fused-ring (bicyclic) bond motifs is 6. The van der Waals surface area contributed by atoms with E-state index in [1.54, 1.807) is 0 Å². The number of hydrogen-bond acceptors (Lipinski definition) is 15. The summed E-state index contributed by atoms with van der Waals surface area (Å²) in [5.74, 6) is -0.312. The molecule has 0 aliphatic rings. The summed E-state index contributed by atoms with van der Waals surface area (Å²) >= 11 is 0. The molecule has 0 atom stereocenters. The van der Waals surface area contributed by atoms with Gasteiger partial charge < -0.3 is 40.5 Å². The number of nitrogens with zero attached hydrogens (tertiary/aromatic N) is 5. The topological polar surface area (TPSA) is 251 Å². The number of aliphatic hydroxyl groups excluding tert-OH is 5. The molecule has 15 nitrogen and oxygen atoms in total. The third-order valence-corrected chi connectivity index (χ3v) is 17.0. The molecule has 0 unspecified atom stereocenters. The van der Waals surface area contributed by atoms with Crippen LogP contribution < -0.4 is 0 Å². The number of benzene rings is 11. The Morgan fingerprint density at radius 3 is 0.992 bits per heavy atom. The van der Waals surface area contributed by atoms with Crippen molar-refractivity contribution in [1.82, 2.24) is 24.9 Å². The molecule has 0 saturated carbocycles. The number of para-hydroxylation sites is 2. The van der Waals surface area contributed by atoms with Crippen LogP contribution in [0, 0.1) is 30.3 Å². The van der Waals surface area contributed by atoms with Gasteiger partial charge in [0.15, 0.2) is 28.9 Å². The smallest absolute Gasteiger partial charge is 0.155 e. The number of carbonyl (C=O) groups excluding carboxylic acids is 5. The molecule has 5 radical (unpaired) electrons. The predicted molar refractivity (Wildman–Crippen MR) is 502 cm³/mol. The molecule has 0 amide bonds. The van der Waals surface area contributed by atoms with E-state index in [0.29, 0.717) is 0 Å². The van der Waals surface area contributed by atoms with Gasteiger partial charge in [-0.05, 0) is 170 Å². The fraction of sp³-hybridized carbons (Fsp3) is 0.130. The van der Waals surface area contributed by atoms with E-state index in [9.17, 15) is 24.0 Å². The third-order valence-electron chi connectivity index (χ3n) is 17.0. The number of pyridine rings is 5. The molecular weight excluding hydrogens is 2490 g/mol. The van der Waals surface area contributed by atoms with Crippen molar-refractivity contribution in [2.45, 2.75) is 95.4 Å². The van der Waals surface area contributed by atoms with Gasteiger partial charge in [-0.1, -0.05) is 190 Å². The Morgan fingerprint density at radius 1 is 0.281 bits per heavy atom. The van der Waals surface area contributed by atoms with Gasteiger partial charge in [0.1, 0.15) is 0 Å². The van der Waals surface area contributed by atoms with Gasteiger partial charge in [0.05, 0.1) is 39.8 Å². The maximum Gasteiger partial charge on any atom is 0.155 e. The number of hydrogen-bond donors (Lipinski definition) is 5. The van der Waals surface area contributed by atoms with Crippen molar-refractivity contribution in [2.75, 3.05) is 0 Å². The summed E-state index contributed by atoms with van der Waals surface area (Å²) in [4.78, 5) is 72.9. The fourth-order valence-corrected chi connectivity index (χ4v) is 11.8. The third kappa shape index (κ3) is 40.3. The molecule has 0 bridgehead atoms. The number of rotatable bonds is 10. The van der Waals surface area contributed by atoms with Gasteiger partial charge in [-0.15, -0.1) is 172 Å². The van der Waals surface area contributed by atoms with Gasteiger partial charge >= 0.3 is 0 Å². The Kier molecular flexibility index (Phi) is 51.8. The zero-order chi connectivity index (χ0) is 89.2.